The number of carbonyl (C=O) groups is 4. The van der Waals surface area contributed by atoms with Gasteiger partial charge in [0.05, 0.1) is 5.92 Å². The summed E-state index contributed by atoms with van der Waals surface area (Å²) in [6.07, 6.45) is 1.64. The molecule has 0 aliphatic carbocycles. The van der Waals surface area contributed by atoms with Gasteiger partial charge in [-0.05, 0) is 39.5 Å². The molecule has 0 bridgehead atoms. The maximum absolute atomic E-state index is 12.8. The number of aliphatic carboxylic acids is 1. The highest BCUT2D eigenvalue weighted by molar-refractivity contribution is 5.84. The molecule has 3 amide bonds. The normalized spacial score (nSPS) is 22.3. The molecule has 4 atom stereocenters. The Morgan fingerprint density at radius 2 is 1.73 bits per heavy atom. The quantitative estimate of drug-likeness (QED) is 0.366. The summed E-state index contributed by atoms with van der Waals surface area (Å²) in [6, 6.07) is -1.93. The van der Waals surface area contributed by atoms with Crippen LogP contribution in [-0.4, -0.2) is 52.7 Å². The van der Waals surface area contributed by atoms with Crippen LogP contribution in [0.25, 0.3) is 0 Å². The molecule has 5 N–H and O–H groups in total. The van der Waals surface area contributed by atoms with E-state index < -0.39 is 47.6 Å². The van der Waals surface area contributed by atoms with Crippen LogP contribution in [0, 0.1) is 11.8 Å². The van der Waals surface area contributed by atoms with Crippen LogP contribution in [0.15, 0.2) is 0 Å². The standard InChI is InChI=1S/C20H36N4O6/c1-7-12(8-2)9-14(21-11(3)25)16-13(10-15(22-16)18(27)28)17(26)23-24-19(29)30-20(4,5)6/h12-16,22H,7-10H2,1-6H3,(H,21,25)(H,23,26)(H,24,29)(H,27,28)/t13-,14+,15-,16-/m1/s1. The van der Waals surface area contributed by atoms with Crippen molar-refractivity contribution in [2.45, 2.75) is 91.0 Å². The molecule has 1 aliphatic rings. The van der Waals surface area contributed by atoms with E-state index in [1.54, 1.807) is 20.8 Å². The van der Waals surface area contributed by atoms with E-state index in [-0.39, 0.29) is 12.3 Å². The summed E-state index contributed by atoms with van der Waals surface area (Å²) in [7, 11) is 0. The van der Waals surface area contributed by atoms with Gasteiger partial charge in [0.2, 0.25) is 11.8 Å². The first kappa shape index (κ1) is 25.7. The molecule has 0 aromatic rings. The van der Waals surface area contributed by atoms with Crippen molar-refractivity contribution in [3.8, 4) is 0 Å². The Hall–Kier alpha value is -2.36. The van der Waals surface area contributed by atoms with Crippen LogP contribution in [-0.2, 0) is 19.1 Å². The molecule has 1 fully saturated rings. The molecule has 172 valence electrons. The summed E-state index contributed by atoms with van der Waals surface area (Å²) in [4.78, 5) is 47.9. The Morgan fingerprint density at radius 3 is 2.20 bits per heavy atom. The number of ether oxygens (including phenoxy) is 1. The van der Waals surface area contributed by atoms with Gasteiger partial charge in [0, 0.05) is 19.0 Å². The van der Waals surface area contributed by atoms with Crippen molar-refractivity contribution in [1.82, 2.24) is 21.5 Å². The van der Waals surface area contributed by atoms with Gasteiger partial charge in [-0.15, -0.1) is 0 Å². The third-order valence-corrected chi connectivity index (χ3v) is 5.20. The van der Waals surface area contributed by atoms with Crippen LogP contribution < -0.4 is 21.5 Å². The zero-order chi connectivity index (χ0) is 23.1. The predicted molar refractivity (Wildman–Crippen MR) is 110 cm³/mol. The second kappa shape index (κ2) is 11.1. The zero-order valence-corrected chi connectivity index (χ0v) is 18.7. The molecule has 1 aliphatic heterocycles. The maximum atomic E-state index is 12.8. The fraction of sp³-hybridized carbons (Fsp3) is 0.800. The second-order valence-corrected chi connectivity index (χ2v) is 8.77. The third kappa shape index (κ3) is 8.17. The summed E-state index contributed by atoms with van der Waals surface area (Å²) < 4.78 is 5.09. The van der Waals surface area contributed by atoms with Crippen molar-refractivity contribution < 1.29 is 29.0 Å². The lowest BCUT2D eigenvalue weighted by molar-refractivity contribution is -0.139. The van der Waals surface area contributed by atoms with Crippen molar-refractivity contribution >= 4 is 23.9 Å². The summed E-state index contributed by atoms with van der Waals surface area (Å²) in [5.41, 5.74) is 3.79. The van der Waals surface area contributed by atoms with Crippen LogP contribution in [0.2, 0.25) is 0 Å². The van der Waals surface area contributed by atoms with E-state index in [1.807, 2.05) is 0 Å². The van der Waals surface area contributed by atoms with E-state index in [1.165, 1.54) is 6.92 Å². The summed E-state index contributed by atoms with van der Waals surface area (Å²) in [5.74, 6) is -2.30. The first-order chi connectivity index (χ1) is 13.9. The van der Waals surface area contributed by atoms with Crippen LogP contribution in [0.3, 0.4) is 0 Å². The second-order valence-electron chi connectivity index (χ2n) is 8.77. The number of hydrogen-bond acceptors (Lipinski definition) is 6. The summed E-state index contributed by atoms with van der Waals surface area (Å²) in [5, 5.41) is 15.3. The van der Waals surface area contributed by atoms with Gasteiger partial charge in [-0.25, -0.2) is 10.2 Å². The number of carbonyl (C=O) groups excluding carboxylic acids is 3. The van der Waals surface area contributed by atoms with Crippen molar-refractivity contribution in [2.75, 3.05) is 0 Å². The third-order valence-electron chi connectivity index (χ3n) is 5.20. The van der Waals surface area contributed by atoms with Crippen molar-refractivity contribution in [2.24, 2.45) is 11.8 Å². The van der Waals surface area contributed by atoms with Gasteiger partial charge in [0.25, 0.3) is 0 Å². The van der Waals surface area contributed by atoms with Gasteiger partial charge in [-0.2, -0.15) is 0 Å². The fourth-order valence-electron chi connectivity index (χ4n) is 3.70. The Labute approximate surface area is 177 Å². The molecular formula is C20H36N4O6. The van der Waals surface area contributed by atoms with Crippen LogP contribution >= 0.6 is 0 Å². The summed E-state index contributed by atoms with van der Waals surface area (Å²) >= 11 is 0. The van der Waals surface area contributed by atoms with Crippen LogP contribution in [0.5, 0.6) is 0 Å². The molecule has 1 heterocycles. The lowest BCUT2D eigenvalue weighted by atomic mass is 9.85. The van der Waals surface area contributed by atoms with E-state index >= 15 is 0 Å². The van der Waals surface area contributed by atoms with Crippen LogP contribution in [0.1, 0.15) is 67.2 Å². The highest BCUT2D eigenvalue weighted by Gasteiger charge is 2.45. The molecule has 0 saturated carbocycles. The Balaban J connectivity index is 2.97. The lowest BCUT2D eigenvalue weighted by Gasteiger charge is -2.31. The van der Waals surface area contributed by atoms with Crippen molar-refractivity contribution in [3.63, 3.8) is 0 Å². The van der Waals surface area contributed by atoms with E-state index in [0.717, 1.165) is 12.8 Å². The highest BCUT2D eigenvalue weighted by atomic mass is 16.6. The molecule has 1 rings (SSSR count). The van der Waals surface area contributed by atoms with Crippen molar-refractivity contribution in [1.29, 1.82) is 0 Å². The van der Waals surface area contributed by atoms with Gasteiger partial charge in [0.15, 0.2) is 0 Å². The molecule has 1 saturated heterocycles. The van der Waals surface area contributed by atoms with Gasteiger partial charge in [-0.1, -0.05) is 26.7 Å². The largest absolute Gasteiger partial charge is 0.480 e. The molecular weight excluding hydrogens is 392 g/mol. The topological polar surface area (TPSA) is 146 Å². The minimum absolute atomic E-state index is 0.0425. The van der Waals surface area contributed by atoms with E-state index in [0.29, 0.717) is 12.3 Å². The Bertz CT molecular complexity index is 629. The summed E-state index contributed by atoms with van der Waals surface area (Å²) in [6.45, 7) is 10.6. The van der Waals surface area contributed by atoms with Gasteiger partial charge >= 0.3 is 12.1 Å². The molecule has 30 heavy (non-hydrogen) atoms. The van der Waals surface area contributed by atoms with Gasteiger partial charge in [0.1, 0.15) is 11.6 Å². The van der Waals surface area contributed by atoms with Gasteiger partial charge in [-0.3, -0.25) is 25.1 Å². The Morgan fingerprint density at radius 1 is 1.13 bits per heavy atom. The lowest BCUT2D eigenvalue weighted by Crippen LogP contribution is -2.55. The highest BCUT2D eigenvalue weighted by Crippen LogP contribution is 2.28. The molecule has 0 unspecified atom stereocenters. The maximum Gasteiger partial charge on any atom is 0.426 e. The molecule has 10 nitrogen and oxygen atoms in total. The molecule has 10 heteroatoms. The molecule has 0 aromatic carbocycles. The number of nitrogens with one attached hydrogen (secondary N) is 4. The van der Waals surface area contributed by atoms with E-state index in [2.05, 4.69) is 35.3 Å². The first-order valence-corrected chi connectivity index (χ1v) is 10.4. The average molecular weight is 429 g/mol. The molecule has 0 spiro atoms. The minimum atomic E-state index is -1.07. The first-order valence-electron chi connectivity index (χ1n) is 10.4. The number of carboxylic acid groups (broad SMARTS) is 1. The number of amides is 3. The van der Waals surface area contributed by atoms with E-state index in [4.69, 9.17) is 4.74 Å². The predicted octanol–water partition coefficient (Wildman–Crippen LogP) is 1.30. The average Bonchev–Trinajstić information content (AvgIpc) is 3.07. The number of rotatable bonds is 8. The van der Waals surface area contributed by atoms with Crippen molar-refractivity contribution in [3.05, 3.63) is 0 Å². The monoisotopic (exact) mass is 428 g/mol. The smallest absolute Gasteiger partial charge is 0.426 e. The van der Waals surface area contributed by atoms with Gasteiger partial charge < -0.3 is 15.2 Å². The number of hydrogen-bond donors (Lipinski definition) is 5. The number of hydrazine groups is 1. The van der Waals surface area contributed by atoms with E-state index in [9.17, 15) is 24.3 Å². The SMILES string of the molecule is CCC(CC)C[C@H](NC(C)=O)[C@@H]1N[C@@H](C(=O)O)C[C@H]1C(=O)NNC(=O)OC(C)(C)C. The zero-order valence-electron chi connectivity index (χ0n) is 18.7. The minimum Gasteiger partial charge on any atom is -0.480 e. The Kier molecular flexibility index (Phi) is 9.54. The molecule has 0 aromatic heterocycles. The molecule has 0 radical (unpaired) electrons. The number of carboxylic acids is 1. The fourth-order valence-corrected chi connectivity index (χ4v) is 3.70. The van der Waals surface area contributed by atoms with Crippen LogP contribution in [0.4, 0.5) is 4.79 Å².